The van der Waals surface area contributed by atoms with Crippen molar-refractivity contribution >= 4 is 29.0 Å². The van der Waals surface area contributed by atoms with Crippen molar-refractivity contribution in [1.82, 2.24) is 0 Å². The van der Waals surface area contributed by atoms with E-state index in [4.69, 9.17) is 11.6 Å². The molecule has 0 saturated carbocycles. The summed E-state index contributed by atoms with van der Waals surface area (Å²) in [5, 5.41) is 0. The van der Waals surface area contributed by atoms with Crippen LogP contribution >= 0.6 is 11.6 Å². The van der Waals surface area contributed by atoms with E-state index in [-0.39, 0.29) is 5.78 Å². The third-order valence-electron chi connectivity index (χ3n) is 3.46. The Morgan fingerprint density at radius 1 is 1.16 bits per heavy atom. The lowest BCUT2D eigenvalue weighted by atomic mass is 10.1. The van der Waals surface area contributed by atoms with Crippen LogP contribution in [0.4, 0.5) is 5.69 Å². The van der Waals surface area contributed by atoms with Gasteiger partial charge in [-0.1, -0.05) is 19.4 Å². The Morgan fingerprint density at radius 3 is 2.63 bits per heavy atom. The number of Topliss-reactive ketones (excluding diaryl/α,β-unsaturated/α-hetero) is 1. The van der Waals surface area contributed by atoms with E-state index in [1.165, 1.54) is 0 Å². The molecule has 0 fully saturated rings. The van der Waals surface area contributed by atoms with Gasteiger partial charge in [0.25, 0.3) is 11.7 Å². The van der Waals surface area contributed by atoms with Crippen LogP contribution in [0.15, 0.2) is 18.2 Å². The zero-order chi connectivity index (χ0) is 13.8. The second kappa shape index (κ2) is 6.20. The van der Waals surface area contributed by atoms with Crippen molar-refractivity contribution in [3.63, 3.8) is 0 Å². The van der Waals surface area contributed by atoms with Crippen molar-refractivity contribution in [2.45, 2.75) is 32.6 Å². The lowest BCUT2D eigenvalue weighted by molar-refractivity contribution is -0.114. The number of aryl methyl sites for hydroxylation is 1. The van der Waals surface area contributed by atoms with Crippen LogP contribution in [-0.4, -0.2) is 24.1 Å². The quantitative estimate of drug-likeness (QED) is 0.456. The first-order valence-corrected chi connectivity index (χ1v) is 7.27. The van der Waals surface area contributed by atoms with Gasteiger partial charge in [0, 0.05) is 12.4 Å². The van der Waals surface area contributed by atoms with Crippen molar-refractivity contribution < 1.29 is 9.59 Å². The van der Waals surface area contributed by atoms with Crippen molar-refractivity contribution in [2.75, 3.05) is 17.3 Å². The topological polar surface area (TPSA) is 37.4 Å². The number of ketones is 1. The van der Waals surface area contributed by atoms with Crippen LogP contribution in [0.5, 0.6) is 0 Å². The van der Waals surface area contributed by atoms with E-state index in [1.54, 1.807) is 4.90 Å². The van der Waals surface area contributed by atoms with Gasteiger partial charge in [-0.25, -0.2) is 0 Å². The fourth-order valence-electron chi connectivity index (χ4n) is 2.33. The molecule has 0 saturated heterocycles. The zero-order valence-corrected chi connectivity index (χ0v) is 11.9. The fourth-order valence-corrected chi connectivity index (χ4v) is 2.52. The number of hydrogen-bond donors (Lipinski definition) is 0. The summed E-state index contributed by atoms with van der Waals surface area (Å²) in [6.45, 7) is 2.63. The molecule has 1 aliphatic rings. The first-order chi connectivity index (χ1) is 9.19. The van der Waals surface area contributed by atoms with Crippen molar-refractivity contribution in [3.8, 4) is 0 Å². The minimum atomic E-state index is -0.394. The van der Waals surface area contributed by atoms with Crippen LogP contribution < -0.4 is 4.90 Å². The highest BCUT2D eigenvalue weighted by atomic mass is 35.5. The molecular weight excluding hydrogens is 262 g/mol. The lowest BCUT2D eigenvalue weighted by Gasteiger charge is -2.16. The Labute approximate surface area is 118 Å². The molecule has 0 bridgehead atoms. The Hall–Kier alpha value is -1.35. The Morgan fingerprint density at radius 2 is 1.95 bits per heavy atom. The molecule has 1 aromatic carbocycles. The number of amides is 1. The number of halogens is 1. The Balaban J connectivity index is 2.15. The molecule has 4 heteroatoms. The van der Waals surface area contributed by atoms with Crippen LogP contribution in [-0.2, 0) is 11.2 Å². The number of carbonyl (C=O) groups excluding carboxylic acids is 2. The zero-order valence-electron chi connectivity index (χ0n) is 11.1. The van der Waals surface area contributed by atoms with Crippen molar-refractivity contribution in [1.29, 1.82) is 0 Å². The number of rotatable bonds is 6. The van der Waals surface area contributed by atoms with Crippen molar-refractivity contribution in [2.24, 2.45) is 0 Å². The van der Waals surface area contributed by atoms with Crippen LogP contribution in [0, 0.1) is 0 Å². The molecule has 1 heterocycles. The average Bonchev–Trinajstić information content (AvgIpc) is 2.67. The minimum absolute atomic E-state index is 0.373. The number of alkyl halides is 1. The maximum atomic E-state index is 12.0. The van der Waals surface area contributed by atoms with Gasteiger partial charge in [0.2, 0.25) is 0 Å². The highest BCUT2D eigenvalue weighted by Gasteiger charge is 2.35. The molecule has 0 atom stereocenters. The molecule has 0 aromatic heterocycles. The molecule has 1 aliphatic heterocycles. The van der Waals surface area contributed by atoms with E-state index >= 15 is 0 Å². The highest BCUT2D eigenvalue weighted by Crippen LogP contribution is 2.30. The largest absolute Gasteiger partial charge is 0.305 e. The van der Waals surface area contributed by atoms with Gasteiger partial charge in [0.1, 0.15) is 0 Å². The summed E-state index contributed by atoms with van der Waals surface area (Å²) in [7, 11) is 0. The van der Waals surface area contributed by atoms with Crippen molar-refractivity contribution in [3.05, 3.63) is 29.3 Å². The van der Waals surface area contributed by atoms with Crippen LogP contribution in [0.25, 0.3) is 0 Å². The van der Waals surface area contributed by atoms with Crippen LogP contribution in [0.1, 0.15) is 42.1 Å². The van der Waals surface area contributed by atoms with Gasteiger partial charge in [-0.2, -0.15) is 0 Å². The summed E-state index contributed by atoms with van der Waals surface area (Å²) in [5.41, 5.74) is 2.41. The molecule has 3 nitrogen and oxygen atoms in total. The average molecular weight is 280 g/mol. The number of hydrogen-bond acceptors (Lipinski definition) is 2. The third kappa shape index (κ3) is 2.81. The molecule has 19 heavy (non-hydrogen) atoms. The summed E-state index contributed by atoms with van der Waals surface area (Å²) in [4.78, 5) is 25.5. The maximum absolute atomic E-state index is 12.0. The van der Waals surface area contributed by atoms with Gasteiger partial charge in [0.05, 0.1) is 11.3 Å². The molecule has 0 spiro atoms. The predicted molar refractivity (Wildman–Crippen MR) is 77.1 cm³/mol. The lowest BCUT2D eigenvalue weighted by Crippen LogP contribution is -2.30. The van der Waals surface area contributed by atoms with E-state index in [0.29, 0.717) is 18.0 Å². The molecule has 1 amide bonds. The number of unbranched alkanes of at least 4 members (excludes halogenated alkanes) is 2. The maximum Gasteiger partial charge on any atom is 0.299 e. The Kier molecular flexibility index (Phi) is 4.59. The molecule has 0 N–H and O–H groups in total. The van der Waals surface area contributed by atoms with E-state index < -0.39 is 5.91 Å². The highest BCUT2D eigenvalue weighted by molar-refractivity contribution is 6.52. The van der Waals surface area contributed by atoms with Crippen LogP contribution in [0.2, 0.25) is 0 Å². The summed E-state index contributed by atoms with van der Waals surface area (Å²) >= 11 is 5.63. The summed E-state index contributed by atoms with van der Waals surface area (Å²) in [5.74, 6) is -0.125. The fraction of sp³-hybridized carbons (Fsp3) is 0.467. The van der Waals surface area contributed by atoms with E-state index in [1.807, 2.05) is 25.1 Å². The molecule has 0 unspecified atom stereocenters. The van der Waals surface area contributed by atoms with E-state index in [0.717, 1.165) is 36.9 Å². The SMILES string of the molecule is CCc1ccc2c(c1)C(=O)C(=O)N2CCCCCCl. The molecule has 0 radical (unpaired) electrons. The van der Waals surface area contributed by atoms with Gasteiger partial charge in [0.15, 0.2) is 0 Å². The van der Waals surface area contributed by atoms with Crippen LogP contribution in [0.3, 0.4) is 0 Å². The standard InChI is InChI=1S/C15H18ClNO2/c1-2-11-6-7-13-12(10-11)14(18)15(19)17(13)9-5-3-4-8-16/h6-7,10H,2-5,8-9H2,1H3. The smallest absolute Gasteiger partial charge is 0.299 e. The second-order valence-electron chi connectivity index (χ2n) is 4.74. The predicted octanol–water partition coefficient (Wildman–Crippen LogP) is 3.19. The van der Waals surface area contributed by atoms with Gasteiger partial charge in [-0.3, -0.25) is 9.59 Å². The van der Waals surface area contributed by atoms with Gasteiger partial charge in [-0.05, 0) is 37.0 Å². The molecule has 2 rings (SSSR count). The summed E-state index contributed by atoms with van der Waals surface area (Å²) in [6.07, 6.45) is 3.66. The first kappa shape index (κ1) is 14.1. The number of nitrogens with zero attached hydrogens (tertiary/aromatic N) is 1. The number of benzene rings is 1. The van der Waals surface area contributed by atoms with E-state index in [2.05, 4.69) is 0 Å². The second-order valence-corrected chi connectivity index (χ2v) is 5.12. The first-order valence-electron chi connectivity index (χ1n) is 6.74. The molecule has 0 aliphatic carbocycles. The molecule has 102 valence electrons. The molecular formula is C15H18ClNO2. The monoisotopic (exact) mass is 279 g/mol. The Bertz CT molecular complexity index is 499. The van der Waals surface area contributed by atoms with Gasteiger partial charge in [-0.15, -0.1) is 11.6 Å². The normalized spacial score (nSPS) is 14.1. The summed E-state index contributed by atoms with van der Waals surface area (Å²) in [6, 6.07) is 5.71. The third-order valence-corrected chi connectivity index (χ3v) is 3.73. The number of anilines is 1. The minimum Gasteiger partial charge on any atom is -0.305 e. The van der Waals surface area contributed by atoms with E-state index in [9.17, 15) is 9.59 Å². The summed E-state index contributed by atoms with van der Waals surface area (Å²) < 4.78 is 0. The molecule has 1 aromatic rings. The number of fused-ring (bicyclic) bond motifs is 1. The number of carbonyl (C=O) groups is 2. The van der Waals surface area contributed by atoms with Gasteiger partial charge >= 0.3 is 0 Å². The van der Waals surface area contributed by atoms with Gasteiger partial charge < -0.3 is 4.90 Å².